The smallest absolute Gasteiger partial charge is 0.256 e. The number of aromatic nitrogens is 2. The van der Waals surface area contributed by atoms with E-state index in [2.05, 4.69) is 15.3 Å². The topological polar surface area (TPSA) is 58.1 Å². The number of carbonyl (C=O) groups excluding carboxylic acids is 1. The number of rotatable bonds is 5. The number of nitrogens with zero attached hydrogens (tertiary/aromatic N) is 3. The molecule has 2 heterocycles. The molecule has 2 rings (SSSR count). The summed E-state index contributed by atoms with van der Waals surface area (Å²) in [5, 5.41) is 3.15. The summed E-state index contributed by atoms with van der Waals surface area (Å²) >= 11 is 0. The molecule has 5 nitrogen and oxygen atoms in total. The zero-order chi connectivity index (χ0) is 14.4. The molecule has 0 aromatic carbocycles. The first kappa shape index (κ1) is 14.0. The van der Waals surface area contributed by atoms with Gasteiger partial charge in [-0.1, -0.05) is 6.07 Å². The third kappa shape index (κ3) is 3.32. The van der Waals surface area contributed by atoms with Crippen molar-refractivity contribution in [3.63, 3.8) is 0 Å². The minimum atomic E-state index is -0.0472. The molecular weight excluding hydrogens is 252 g/mol. The molecule has 0 aliphatic heterocycles. The minimum Gasteiger partial charge on any atom is -0.383 e. The van der Waals surface area contributed by atoms with E-state index in [0.29, 0.717) is 12.1 Å². The van der Waals surface area contributed by atoms with Gasteiger partial charge in [-0.2, -0.15) is 0 Å². The highest BCUT2D eigenvalue weighted by molar-refractivity contribution is 5.99. The second-order valence-electron chi connectivity index (χ2n) is 4.43. The molecule has 0 aliphatic carbocycles. The van der Waals surface area contributed by atoms with Gasteiger partial charge in [0.05, 0.1) is 29.7 Å². The Bertz CT molecular complexity index is 571. The summed E-state index contributed by atoms with van der Waals surface area (Å²) in [6, 6.07) is 7.41. The quantitative estimate of drug-likeness (QED) is 0.904. The first-order valence-electron chi connectivity index (χ1n) is 6.55. The molecule has 0 fully saturated rings. The van der Waals surface area contributed by atoms with Crippen molar-refractivity contribution >= 4 is 11.6 Å². The van der Waals surface area contributed by atoms with Gasteiger partial charge in [0, 0.05) is 26.0 Å². The Balaban J connectivity index is 2.14. The largest absolute Gasteiger partial charge is 0.383 e. The van der Waals surface area contributed by atoms with Gasteiger partial charge in [-0.3, -0.25) is 14.8 Å². The summed E-state index contributed by atoms with van der Waals surface area (Å²) < 4.78 is 0. The monoisotopic (exact) mass is 270 g/mol. The van der Waals surface area contributed by atoms with Crippen molar-refractivity contribution in [1.82, 2.24) is 14.9 Å². The summed E-state index contributed by atoms with van der Waals surface area (Å²) in [4.78, 5) is 22.4. The molecule has 2 aromatic heterocycles. The first-order valence-corrected chi connectivity index (χ1v) is 6.55. The van der Waals surface area contributed by atoms with E-state index in [1.54, 1.807) is 36.6 Å². The number of amides is 1. The Hall–Kier alpha value is -2.43. The maximum atomic E-state index is 12.5. The lowest BCUT2D eigenvalue weighted by Crippen LogP contribution is -2.27. The minimum absolute atomic E-state index is 0.0472. The Morgan fingerprint density at radius 1 is 1.30 bits per heavy atom. The Labute approximate surface area is 118 Å². The molecular formula is C15H18N4O. The molecule has 0 unspecified atom stereocenters. The highest BCUT2D eigenvalue weighted by Crippen LogP contribution is 2.16. The predicted molar refractivity (Wildman–Crippen MR) is 78.4 cm³/mol. The lowest BCUT2D eigenvalue weighted by atomic mass is 10.2. The zero-order valence-electron chi connectivity index (χ0n) is 11.7. The molecule has 5 heteroatoms. The fourth-order valence-electron chi connectivity index (χ4n) is 1.92. The van der Waals surface area contributed by atoms with E-state index in [0.717, 1.165) is 17.9 Å². The van der Waals surface area contributed by atoms with E-state index in [1.165, 1.54) is 0 Å². The Kier molecular flexibility index (Phi) is 4.65. The van der Waals surface area contributed by atoms with Crippen LogP contribution in [0.4, 0.5) is 5.69 Å². The lowest BCUT2D eigenvalue weighted by Gasteiger charge is -2.18. The third-order valence-corrected chi connectivity index (χ3v) is 2.89. The van der Waals surface area contributed by atoms with Crippen molar-refractivity contribution in [1.29, 1.82) is 0 Å². The molecule has 0 bridgehead atoms. The molecule has 20 heavy (non-hydrogen) atoms. The van der Waals surface area contributed by atoms with Gasteiger partial charge < -0.3 is 10.2 Å². The molecule has 0 aliphatic rings. The van der Waals surface area contributed by atoms with E-state index in [-0.39, 0.29) is 5.91 Å². The van der Waals surface area contributed by atoms with Crippen molar-refractivity contribution in [2.75, 3.05) is 18.9 Å². The summed E-state index contributed by atoms with van der Waals surface area (Å²) in [6.07, 6.45) is 5.03. The van der Waals surface area contributed by atoms with Gasteiger partial charge in [0.2, 0.25) is 0 Å². The summed E-state index contributed by atoms with van der Waals surface area (Å²) in [7, 11) is 1.77. The number of nitrogens with one attached hydrogen (secondary N) is 1. The van der Waals surface area contributed by atoms with Crippen molar-refractivity contribution in [2.24, 2.45) is 0 Å². The Morgan fingerprint density at radius 2 is 2.15 bits per heavy atom. The van der Waals surface area contributed by atoms with Crippen molar-refractivity contribution in [3.05, 3.63) is 54.1 Å². The number of hydrogen-bond acceptors (Lipinski definition) is 4. The molecule has 104 valence electrons. The lowest BCUT2D eigenvalue weighted by molar-refractivity contribution is 0.0784. The van der Waals surface area contributed by atoms with E-state index in [9.17, 15) is 4.79 Å². The SMILES string of the molecule is CCNc1cnccc1C(=O)N(C)Cc1ccccn1. The number of hydrogen-bond donors (Lipinski definition) is 1. The van der Waals surface area contributed by atoms with Gasteiger partial charge in [0.15, 0.2) is 0 Å². The van der Waals surface area contributed by atoms with Crippen molar-refractivity contribution in [2.45, 2.75) is 13.5 Å². The van der Waals surface area contributed by atoms with Gasteiger partial charge in [-0.15, -0.1) is 0 Å². The standard InChI is InChI=1S/C15H18N4O/c1-3-17-14-10-16-9-7-13(14)15(20)19(2)11-12-6-4-5-8-18-12/h4-10,17H,3,11H2,1-2H3. The summed E-state index contributed by atoms with van der Waals surface area (Å²) in [5.41, 5.74) is 2.25. The molecule has 2 aromatic rings. The van der Waals surface area contributed by atoms with Gasteiger partial charge in [-0.05, 0) is 25.1 Å². The van der Waals surface area contributed by atoms with Crippen LogP contribution in [-0.4, -0.2) is 34.4 Å². The van der Waals surface area contributed by atoms with E-state index in [1.807, 2.05) is 25.1 Å². The van der Waals surface area contributed by atoms with E-state index < -0.39 is 0 Å². The molecule has 0 saturated carbocycles. The van der Waals surface area contributed by atoms with Crippen molar-refractivity contribution < 1.29 is 4.79 Å². The van der Waals surface area contributed by atoms with Crippen LogP contribution in [0.3, 0.4) is 0 Å². The Morgan fingerprint density at radius 3 is 2.85 bits per heavy atom. The average molecular weight is 270 g/mol. The number of carbonyl (C=O) groups is 1. The van der Waals surface area contributed by atoms with Crippen LogP contribution in [0.5, 0.6) is 0 Å². The van der Waals surface area contributed by atoms with E-state index in [4.69, 9.17) is 0 Å². The van der Waals surface area contributed by atoms with Crippen molar-refractivity contribution in [3.8, 4) is 0 Å². The van der Waals surface area contributed by atoms with Gasteiger partial charge in [-0.25, -0.2) is 0 Å². The molecule has 0 radical (unpaired) electrons. The molecule has 0 spiro atoms. The first-order chi connectivity index (χ1) is 9.72. The second kappa shape index (κ2) is 6.65. The van der Waals surface area contributed by atoms with Gasteiger partial charge >= 0.3 is 0 Å². The fraction of sp³-hybridized carbons (Fsp3) is 0.267. The highest BCUT2D eigenvalue weighted by Gasteiger charge is 2.16. The number of anilines is 1. The van der Waals surface area contributed by atoms with Crippen LogP contribution in [0.25, 0.3) is 0 Å². The maximum Gasteiger partial charge on any atom is 0.256 e. The van der Waals surface area contributed by atoms with Crippen LogP contribution in [0.2, 0.25) is 0 Å². The predicted octanol–water partition coefficient (Wildman–Crippen LogP) is 2.18. The van der Waals surface area contributed by atoms with Gasteiger partial charge in [0.1, 0.15) is 0 Å². The van der Waals surface area contributed by atoms with Crippen LogP contribution in [0.1, 0.15) is 23.0 Å². The second-order valence-corrected chi connectivity index (χ2v) is 4.43. The normalized spacial score (nSPS) is 10.1. The number of pyridine rings is 2. The van der Waals surface area contributed by atoms with Crippen LogP contribution in [0, 0.1) is 0 Å². The third-order valence-electron chi connectivity index (χ3n) is 2.89. The molecule has 0 atom stereocenters. The summed E-state index contributed by atoms with van der Waals surface area (Å²) in [5.74, 6) is -0.0472. The molecule has 1 N–H and O–H groups in total. The van der Waals surface area contributed by atoms with E-state index >= 15 is 0 Å². The molecule has 1 amide bonds. The maximum absolute atomic E-state index is 12.5. The highest BCUT2D eigenvalue weighted by atomic mass is 16.2. The van der Waals surface area contributed by atoms with Crippen LogP contribution >= 0.6 is 0 Å². The average Bonchev–Trinajstić information content (AvgIpc) is 2.48. The van der Waals surface area contributed by atoms with Crippen LogP contribution in [-0.2, 0) is 6.54 Å². The summed E-state index contributed by atoms with van der Waals surface area (Å²) in [6.45, 7) is 3.21. The van der Waals surface area contributed by atoms with Crippen LogP contribution < -0.4 is 5.32 Å². The van der Waals surface area contributed by atoms with Gasteiger partial charge in [0.25, 0.3) is 5.91 Å². The zero-order valence-corrected chi connectivity index (χ0v) is 11.7. The fourth-order valence-corrected chi connectivity index (χ4v) is 1.92. The molecule has 0 saturated heterocycles. The van der Waals surface area contributed by atoms with Crippen LogP contribution in [0.15, 0.2) is 42.9 Å².